The molecule has 9 heteroatoms. The molecule has 0 bridgehead atoms. The van der Waals surface area contributed by atoms with Crippen molar-refractivity contribution in [2.24, 2.45) is 5.92 Å². The van der Waals surface area contributed by atoms with E-state index in [1.165, 1.54) is 23.6 Å². The van der Waals surface area contributed by atoms with E-state index in [1.54, 1.807) is 13.1 Å². The average molecular weight is 327 g/mol. The summed E-state index contributed by atoms with van der Waals surface area (Å²) < 4.78 is 27.2. The number of aromatic nitrogens is 3. The van der Waals surface area contributed by atoms with E-state index in [2.05, 4.69) is 39.1 Å². The second-order valence-electron chi connectivity index (χ2n) is 4.80. The molecular weight excluding hydrogens is 310 g/mol. The van der Waals surface area contributed by atoms with Gasteiger partial charge in [-0.15, -0.1) is 10.2 Å². The van der Waals surface area contributed by atoms with Crippen LogP contribution in [0.5, 0.6) is 0 Å². The van der Waals surface area contributed by atoms with Gasteiger partial charge in [-0.25, -0.2) is 13.4 Å². The van der Waals surface area contributed by atoms with Crippen molar-refractivity contribution in [3.05, 3.63) is 23.3 Å². The summed E-state index contributed by atoms with van der Waals surface area (Å²) in [6.07, 6.45) is 2.30. The van der Waals surface area contributed by atoms with Crippen molar-refractivity contribution in [2.45, 2.75) is 25.2 Å². The highest BCUT2D eigenvalue weighted by Crippen LogP contribution is 2.24. The molecule has 21 heavy (non-hydrogen) atoms. The van der Waals surface area contributed by atoms with Gasteiger partial charge in [0.25, 0.3) is 10.0 Å². The third kappa shape index (κ3) is 3.88. The molecule has 0 atom stereocenters. The summed E-state index contributed by atoms with van der Waals surface area (Å²) >= 11 is 1.24. The first kappa shape index (κ1) is 15.6. The molecule has 2 N–H and O–H groups in total. The Hall–Kier alpha value is -1.74. The number of anilines is 2. The highest BCUT2D eigenvalue weighted by Gasteiger charge is 2.21. The molecule has 0 saturated carbocycles. The van der Waals surface area contributed by atoms with Gasteiger partial charge < -0.3 is 5.32 Å². The zero-order chi connectivity index (χ0) is 15.5. The first-order chi connectivity index (χ1) is 9.92. The minimum atomic E-state index is -3.74. The number of hydrogen-bond donors (Lipinski definition) is 2. The molecule has 2 heterocycles. The Labute approximate surface area is 127 Å². The van der Waals surface area contributed by atoms with E-state index in [9.17, 15) is 8.42 Å². The van der Waals surface area contributed by atoms with Crippen LogP contribution >= 0.6 is 11.3 Å². The third-order valence-electron chi connectivity index (χ3n) is 2.57. The fraction of sp³-hybridized carbons (Fsp3) is 0.417. The molecule has 0 radical (unpaired) electrons. The number of pyridine rings is 1. The largest absolute Gasteiger partial charge is 0.372 e. The lowest BCUT2D eigenvalue weighted by Gasteiger charge is -2.08. The summed E-state index contributed by atoms with van der Waals surface area (Å²) in [5.41, 5.74) is 0. The zero-order valence-electron chi connectivity index (χ0n) is 12.0. The van der Waals surface area contributed by atoms with Crippen LogP contribution in [-0.2, 0) is 16.4 Å². The van der Waals surface area contributed by atoms with Gasteiger partial charge in [-0.2, -0.15) is 0 Å². The topological polar surface area (TPSA) is 96.9 Å². The summed E-state index contributed by atoms with van der Waals surface area (Å²) in [5, 5.41) is 11.7. The maximum atomic E-state index is 12.4. The molecule has 0 spiro atoms. The molecule has 0 aliphatic carbocycles. The van der Waals surface area contributed by atoms with Gasteiger partial charge in [0.05, 0.1) is 0 Å². The molecule has 0 fully saturated rings. The maximum Gasteiger partial charge on any atom is 0.267 e. The monoisotopic (exact) mass is 327 g/mol. The Morgan fingerprint density at radius 1 is 1.33 bits per heavy atom. The molecule has 0 saturated heterocycles. The Kier molecular flexibility index (Phi) is 4.73. The van der Waals surface area contributed by atoms with Crippen LogP contribution in [0, 0.1) is 5.92 Å². The smallest absolute Gasteiger partial charge is 0.267 e. The van der Waals surface area contributed by atoms with Crippen molar-refractivity contribution in [2.75, 3.05) is 17.1 Å². The minimum absolute atomic E-state index is 0.0770. The molecule has 2 aromatic heterocycles. The van der Waals surface area contributed by atoms with Gasteiger partial charge in [0.2, 0.25) is 5.13 Å². The quantitative estimate of drug-likeness (QED) is 0.842. The fourth-order valence-corrected chi connectivity index (χ4v) is 4.04. The van der Waals surface area contributed by atoms with E-state index in [-0.39, 0.29) is 15.8 Å². The van der Waals surface area contributed by atoms with Crippen molar-refractivity contribution in [3.8, 4) is 0 Å². The Morgan fingerprint density at radius 2 is 2.10 bits per heavy atom. The molecule has 0 aliphatic heterocycles. The maximum absolute atomic E-state index is 12.4. The predicted molar refractivity (Wildman–Crippen MR) is 83.0 cm³/mol. The second-order valence-corrected chi connectivity index (χ2v) is 7.52. The van der Waals surface area contributed by atoms with Gasteiger partial charge >= 0.3 is 0 Å². The van der Waals surface area contributed by atoms with E-state index < -0.39 is 10.0 Å². The van der Waals surface area contributed by atoms with Crippen LogP contribution in [0.4, 0.5) is 10.9 Å². The van der Waals surface area contributed by atoms with Crippen LogP contribution in [0.1, 0.15) is 18.9 Å². The molecule has 2 rings (SSSR count). The Balaban J connectivity index is 2.23. The number of nitrogens with zero attached hydrogens (tertiary/aromatic N) is 3. The van der Waals surface area contributed by atoms with Crippen LogP contribution in [-0.4, -0.2) is 30.6 Å². The third-order valence-corrected chi connectivity index (χ3v) is 4.93. The second kappa shape index (κ2) is 6.35. The molecule has 0 aromatic carbocycles. The lowest BCUT2D eigenvalue weighted by molar-refractivity contribution is 0.601. The molecule has 7 nitrogen and oxygen atoms in total. The Bertz CT molecular complexity index is 712. The van der Waals surface area contributed by atoms with Crippen LogP contribution in [0.25, 0.3) is 0 Å². The molecule has 0 amide bonds. The van der Waals surface area contributed by atoms with Crippen molar-refractivity contribution >= 4 is 32.3 Å². The van der Waals surface area contributed by atoms with Gasteiger partial charge in [0, 0.05) is 19.7 Å². The van der Waals surface area contributed by atoms with Gasteiger partial charge in [-0.3, -0.25) is 4.72 Å². The van der Waals surface area contributed by atoms with Gasteiger partial charge in [0.1, 0.15) is 15.7 Å². The number of rotatable bonds is 6. The first-order valence-electron chi connectivity index (χ1n) is 6.40. The number of hydrogen-bond acceptors (Lipinski definition) is 7. The summed E-state index contributed by atoms with van der Waals surface area (Å²) in [7, 11) is -2.12. The van der Waals surface area contributed by atoms with E-state index >= 15 is 0 Å². The zero-order valence-corrected chi connectivity index (χ0v) is 13.6. The lowest BCUT2D eigenvalue weighted by atomic mass is 10.1. The van der Waals surface area contributed by atoms with E-state index in [4.69, 9.17) is 0 Å². The minimum Gasteiger partial charge on any atom is -0.372 e. The van der Waals surface area contributed by atoms with E-state index in [0.717, 1.165) is 11.4 Å². The standard InChI is InChI=1S/C12H17N5O2S2/c1-8(2)7-10-15-16-12(20-10)17-21(18,19)9-5-4-6-14-11(9)13-3/h4-6,8H,7H2,1-3H3,(H,13,14)(H,16,17). The van der Waals surface area contributed by atoms with Gasteiger partial charge in [-0.05, 0) is 18.1 Å². The van der Waals surface area contributed by atoms with Crippen molar-refractivity contribution in [1.29, 1.82) is 0 Å². The SMILES string of the molecule is CNc1ncccc1S(=O)(=O)Nc1nnc(CC(C)C)s1. The molecule has 0 aliphatic rings. The van der Waals surface area contributed by atoms with Crippen molar-refractivity contribution in [3.63, 3.8) is 0 Å². The fourth-order valence-electron chi connectivity index (χ4n) is 1.69. The molecular formula is C12H17N5O2S2. The summed E-state index contributed by atoms with van der Waals surface area (Å²) in [6.45, 7) is 4.14. The molecule has 114 valence electrons. The van der Waals surface area contributed by atoms with Crippen LogP contribution in [0.15, 0.2) is 23.2 Å². The van der Waals surface area contributed by atoms with Crippen molar-refractivity contribution in [1.82, 2.24) is 15.2 Å². The van der Waals surface area contributed by atoms with Crippen LogP contribution in [0.2, 0.25) is 0 Å². The number of sulfonamides is 1. The van der Waals surface area contributed by atoms with Crippen molar-refractivity contribution < 1.29 is 8.42 Å². The summed E-state index contributed by atoms with van der Waals surface area (Å²) in [5.74, 6) is 0.730. The van der Waals surface area contributed by atoms with E-state index in [0.29, 0.717) is 5.92 Å². The van der Waals surface area contributed by atoms with Gasteiger partial charge in [-0.1, -0.05) is 25.2 Å². The van der Waals surface area contributed by atoms with Gasteiger partial charge in [0.15, 0.2) is 0 Å². The lowest BCUT2D eigenvalue weighted by Crippen LogP contribution is -2.15. The highest BCUT2D eigenvalue weighted by atomic mass is 32.2. The average Bonchev–Trinajstić information content (AvgIpc) is 2.84. The predicted octanol–water partition coefficient (Wildman–Crippen LogP) is 1.97. The normalized spacial score (nSPS) is 11.6. The van der Waals surface area contributed by atoms with Crippen LogP contribution in [0.3, 0.4) is 0 Å². The Morgan fingerprint density at radius 3 is 2.76 bits per heavy atom. The molecule has 2 aromatic rings. The highest BCUT2D eigenvalue weighted by molar-refractivity contribution is 7.93. The van der Waals surface area contributed by atoms with Crippen LogP contribution < -0.4 is 10.0 Å². The molecule has 0 unspecified atom stereocenters. The summed E-state index contributed by atoms with van der Waals surface area (Å²) in [4.78, 5) is 4.06. The summed E-state index contributed by atoms with van der Waals surface area (Å²) in [6, 6.07) is 3.05. The first-order valence-corrected chi connectivity index (χ1v) is 8.70. The number of nitrogens with one attached hydrogen (secondary N) is 2. The van der Waals surface area contributed by atoms with E-state index in [1.807, 2.05) is 0 Å².